The van der Waals surface area contributed by atoms with Crippen molar-refractivity contribution in [3.63, 3.8) is 0 Å². The monoisotopic (exact) mass is 315 g/mol. The molecule has 0 atom stereocenters. The van der Waals surface area contributed by atoms with E-state index < -0.39 is 9.85 Å². The van der Waals surface area contributed by atoms with Crippen molar-refractivity contribution >= 4 is 17.3 Å². The van der Waals surface area contributed by atoms with E-state index in [1.165, 1.54) is 30.3 Å². The van der Waals surface area contributed by atoms with Gasteiger partial charge in [0.1, 0.15) is 0 Å². The molecule has 8 heteroatoms. The van der Waals surface area contributed by atoms with Crippen molar-refractivity contribution in [1.29, 1.82) is 0 Å². The van der Waals surface area contributed by atoms with Gasteiger partial charge in [-0.25, -0.2) is 0 Å². The number of nitro groups is 2. The van der Waals surface area contributed by atoms with Gasteiger partial charge in [0.2, 0.25) is 5.91 Å². The molecule has 0 spiro atoms. The molecule has 2 rings (SSSR count). The van der Waals surface area contributed by atoms with Crippen LogP contribution in [0.4, 0.5) is 11.4 Å². The molecule has 0 bridgehead atoms. The summed E-state index contributed by atoms with van der Waals surface area (Å²) in [5.74, 6) is -0.363. The Morgan fingerprint density at radius 1 is 0.957 bits per heavy atom. The van der Waals surface area contributed by atoms with Crippen LogP contribution in [-0.2, 0) is 17.8 Å². The van der Waals surface area contributed by atoms with Crippen LogP contribution in [0, 0.1) is 20.2 Å². The van der Waals surface area contributed by atoms with Gasteiger partial charge in [-0.05, 0) is 5.56 Å². The van der Waals surface area contributed by atoms with E-state index in [2.05, 4.69) is 5.32 Å². The number of nitrogens with zero attached hydrogens (tertiary/aromatic N) is 2. The predicted molar refractivity (Wildman–Crippen MR) is 81.7 cm³/mol. The SMILES string of the molecule is O=C(Cc1ccccc1[N+](=O)[O-])NCc1ccc([N+](=O)[O-])cc1. The molecule has 0 heterocycles. The highest BCUT2D eigenvalue weighted by atomic mass is 16.6. The highest BCUT2D eigenvalue weighted by Gasteiger charge is 2.15. The van der Waals surface area contributed by atoms with Crippen LogP contribution in [0.5, 0.6) is 0 Å². The van der Waals surface area contributed by atoms with Crippen molar-refractivity contribution in [3.05, 3.63) is 79.9 Å². The molecule has 0 saturated heterocycles. The first-order valence-corrected chi connectivity index (χ1v) is 6.69. The van der Waals surface area contributed by atoms with E-state index in [1.54, 1.807) is 18.2 Å². The number of hydrogen-bond acceptors (Lipinski definition) is 5. The van der Waals surface area contributed by atoms with Crippen LogP contribution >= 0.6 is 0 Å². The van der Waals surface area contributed by atoms with E-state index >= 15 is 0 Å². The number of carbonyl (C=O) groups is 1. The van der Waals surface area contributed by atoms with E-state index in [0.717, 1.165) is 0 Å². The number of rotatable bonds is 6. The third kappa shape index (κ3) is 4.34. The van der Waals surface area contributed by atoms with E-state index in [0.29, 0.717) is 11.1 Å². The summed E-state index contributed by atoms with van der Waals surface area (Å²) in [6.45, 7) is 0.192. The van der Waals surface area contributed by atoms with Crippen molar-refractivity contribution < 1.29 is 14.6 Å². The van der Waals surface area contributed by atoms with Gasteiger partial charge < -0.3 is 5.32 Å². The summed E-state index contributed by atoms with van der Waals surface area (Å²) in [7, 11) is 0. The summed E-state index contributed by atoms with van der Waals surface area (Å²) in [5.41, 5.74) is 0.906. The molecule has 2 aromatic carbocycles. The van der Waals surface area contributed by atoms with Crippen molar-refractivity contribution in [3.8, 4) is 0 Å². The second kappa shape index (κ2) is 7.12. The number of nitrogens with one attached hydrogen (secondary N) is 1. The molecular formula is C15H13N3O5. The first-order chi connectivity index (χ1) is 11.0. The van der Waals surface area contributed by atoms with Crippen LogP contribution in [0.15, 0.2) is 48.5 Å². The zero-order chi connectivity index (χ0) is 16.8. The molecule has 0 fully saturated rings. The van der Waals surface area contributed by atoms with Gasteiger partial charge in [0.05, 0.1) is 16.3 Å². The van der Waals surface area contributed by atoms with E-state index in [4.69, 9.17) is 0 Å². The van der Waals surface area contributed by atoms with Crippen LogP contribution in [0.2, 0.25) is 0 Å². The standard InChI is InChI=1S/C15H13N3O5/c19-15(9-12-3-1-2-4-14(12)18(22)23)16-10-11-5-7-13(8-6-11)17(20)21/h1-8H,9-10H2,(H,16,19). The lowest BCUT2D eigenvalue weighted by Gasteiger charge is -2.06. The smallest absolute Gasteiger partial charge is 0.273 e. The van der Waals surface area contributed by atoms with Crippen molar-refractivity contribution in [2.45, 2.75) is 13.0 Å². The van der Waals surface area contributed by atoms with Crippen molar-refractivity contribution in [2.24, 2.45) is 0 Å². The van der Waals surface area contributed by atoms with Gasteiger partial charge in [0.25, 0.3) is 11.4 Å². The Morgan fingerprint density at radius 2 is 1.61 bits per heavy atom. The molecule has 0 aromatic heterocycles. The maximum Gasteiger partial charge on any atom is 0.273 e. The summed E-state index contributed by atoms with van der Waals surface area (Å²) in [4.78, 5) is 32.3. The summed E-state index contributed by atoms with van der Waals surface area (Å²) in [6.07, 6.45) is -0.107. The van der Waals surface area contributed by atoms with E-state index in [-0.39, 0.29) is 30.2 Å². The quantitative estimate of drug-likeness (QED) is 0.649. The van der Waals surface area contributed by atoms with Gasteiger partial charge in [0, 0.05) is 30.3 Å². The summed E-state index contributed by atoms with van der Waals surface area (Å²) in [5, 5.41) is 24.1. The van der Waals surface area contributed by atoms with Crippen LogP contribution in [-0.4, -0.2) is 15.8 Å². The van der Waals surface area contributed by atoms with Crippen LogP contribution in [0.1, 0.15) is 11.1 Å². The Labute approximate surface area is 131 Å². The zero-order valence-corrected chi connectivity index (χ0v) is 12.0. The minimum absolute atomic E-state index is 0.0278. The zero-order valence-electron chi connectivity index (χ0n) is 12.0. The molecule has 0 radical (unpaired) electrons. The number of para-hydroxylation sites is 1. The van der Waals surface area contributed by atoms with Crippen molar-refractivity contribution in [2.75, 3.05) is 0 Å². The molecule has 1 N–H and O–H groups in total. The van der Waals surface area contributed by atoms with Gasteiger partial charge in [-0.1, -0.05) is 30.3 Å². The summed E-state index contributed by atoms with van der Waals surface area (Å²) in [6, 6.07) is 11.8. The van der Waals surface area contributed by atoms with Gasteiger partial charge in [-0.2, -0.15) is 0 Å². The number of non-ortho nitro benzene ring substituents is 1. The topological polar surface area (TPSA) is 115 Å². The molecule has 118 valence electrons. The third-order valence-electron chi connectivity index (χ3n) is 3.18. The average Bonchev–Trinajstić information content (AvgIpc) is 2.53. The Hall–Kier alpha value is -3.29. The van der Waals surface area contributed by atoms with Gasteiger partial charge in [-0.3, -0.25) is 25.0 Å². The number of carbonyl (C=O) groups excluding carboxylic acids is 1. The van der Waals surface area contributed by atoms with E-state index in [1.807, 2.05) is 0 Å². The minimum atomic E-state index is -0.529. The third-order valence-corrected chi connectivity index (χ3v) is 3.18. The second-order valence-electron chi connectivity index (χ2n) is 4.76. The van der Waals surface area contributed by atoms with Crippen LogP contribution in [0.25, 0.3) is 0 Å². The number of nitro benzene ring substituents is 2. The molecule has 0 aliphatic rings. The lowest BCUT2D eigenvalue weighted by atomic mass is 10.1. The highest BCUT2D eigenvalue weighted by Crippen LogP contribution is 2.18. The number of amides is 1. The summed E-state index contributed by atoms with van der Waals surface area (Å²) >= 11 is 0. The Morgan fingerprint density at radius 3 is 2.22 bits per heavy atom. The Kier molecular flexibility index (Phi) is 4.98. The highest BCUT2D eigenvalue weighted by molar-refractivity contribution is 5.79. The molecule has 23 heavy (non-hydrogen) atoms. The largest absolute Gasteiger partial charge is 0.352 e. The fraction of sp³-hybridized carbons (Fsp3) is 0.133. The molecule has 1 amide bonds. The summed E-state index contributed by atoms with van der Waals surface area (Å²) < 4.78 is 0. The Bertz CT molecular complexity index is 743. The van der Waals surface area contributed by atoms with Gasteiger partial charge in [-0.15, -0.1) is 0 Å². The maximum atomic E-state index is 11.9. The molecule has 0 aliphatic carbocycles. The van der Waals surface area contributed by atoms with Gasteiger partial charge >= 0.3 is 0 Å². The minimum Gasteiger partial charge on any atom is -0.352 e. The predicted octanol–water partition coefficient (Wildman–Crippen LogP) is 2.36. The molecule has 8 nitrogen and oxygen atoms in total. The first kappa shape index (κ1) is 16.1. The van der Waals surface area contributed by atoms with Crippen molar-refractivity contribution in [1.82, 2.24) is 5.32 Å². The molecule has 0 unspecified atom stereocenters. The van der Waals surface area contributed by atoms with Crippen LogP contribution < -0.4 is 5.32 Å². The molecule has 0 aliphatic heterocycles. The first-order valence-electron chi connectivity index (χ1n) is 6.69. The fourth-order valence-corrected chi connectivity index (χ4v) is 2.01. The average molecular weight is 315 g/mol. The molecular weight excluding hydrogens is 302 g/mol. The van der Waals surface area contributed by atoms with Crippen LogP contribution in [0.3, 0.4) is 0 Å². The number of hydrogen-bond donors (Lipinski definition) is 1. The second-order valence-corrected chi connectivity index (χ2v) is 4.76. The normalized spacial score (nSPS) is 10.1. The fourth-order valence-electron chi connectivity index (χ4n) is 2.01. The lowest BCUT2D eigenvalue weighted by molar-refractivity contribution is -0.385. The van der Waals surface area contributed by atoms with E-state index in [9.17, 15) is 25.0 Å². The number of benzene rings is 2. The molecule has 2 aromatic rings. The van der Waals surface area contributed by atoms with Gasteiger partial charge in [0.15, 0.2) is 0 Å². The lowest BCUT2D eigenvalue weighted by Crippen LogP contribution is -2.24. The Balaban J connectivity index is 1.95. The maximum absolute atomic E-state index is 11.9. The molecule has 0 saturated carbocycles.